The Morgan fingerprint density at radius 1 is 1.14 bits per heavy atom. The molecule has 0 aliphatic heterocycles. The molecule has 1 aromatic rings. The van der Waals surface area contributed by atoms with Crippen LogP contribution in [0.3, 0.4) is 0 Å². The lowest BCUT2D eigenvalue weighted by molar-refractivity contribution is -0.134. The second-order valence-corrected chi connectivity index (χ2v) is 5.00. The van der Waals surface area contributed by atoms with Crippen LogP contribution >= 0.6 is 0 Å². The van der Waals surface area contributed by atoms with Crippen molar-refractivity contribution in [2.75, 3.05) is 0 Å². The molecule has 0 unspecified atom stereocenters. The minimum absolute atomic E-state index is 0.144. The lowest BCUT2D eigenvalue weighted by atomic mass is 9.89. The molecule has 0 saturated heterocycles. The van der Waals surface area contributed by atoms with Crippen molar-refractivity contribution in [1.29, 1.82) is 0 Å². The molecule has 0 atom stereocenters. The Kier molecular flexibility index (Phi) is 4.68. The van der Waals surface area contributed by atoms with Gasteiger partial charge in [0.2, 0.25) is 5.83 Å². The largest absolute Gasteiger partial charge is 0.476 e. The van der Waals surface area contributed by atoms with Gasteiger partial charge < -0.3 is 5.11 Å². The summed E-state index contributed by atoms with van der Waals surface area (Å²) in [6.45, 7) is 3.05. The van der Waals surface area contributed by atoms with E-state index >= 15 is 0 Å². The van der Waals surface area contributed by atoms with Crippen molar-refractivity contribution in [3.05, 3.63) is 65.3 Å². The number of fused-ring (bicyclic) bond motifs is 1. The standard InChI is InChI=1S/C17H16F2O2/c1-11(18)6-9-15(16(19)17(20)21)14-8-7-12-4-2-3-5-13(12)10-14/h6-10H,1-5H2,(H,20,21). The van der Waals surface area contributed by atoms with Crippen LogP contribution < -0.4 is 0 Å². The van der Waals surface area contributed by atoms with Gasteiger partial charge in [-0.2, -0.15) is 4.39 Å². The Morgan fingerprint density at radius 3 is 2.43 bits per heavy atom. The molecule has 0 radical (unpaired) electrons. The third-order valence-electron chi connectivity index (χ3n) is 3.51. The number of benzene rings is 1. The second kappa shape index (κ2) is 6.48. The van der Waals surface area contributed by atoms with Crippen LogP contribution in [0.1, 0.15) is 29.5 Å². The van der Waals surface area contributed by atoms with Crippen molar-refractivity contribution in [3.63, 3.8) is 0 Å². The van der Waals surface area contributed by atoms with E-state index in [2.05, 4.69) is 6.58 Å². The Hall–Kier alpha value is -2.23. The first-order valence-corrected chi connectivity index (χ1v) is 6.77. The van der Waals surface area contributed by atoms with Gasteiger partial charge in [0.1, 0.15) is 5.83 Å². The van der Waals surface area contributed by atoms with E-state index in [0.717, 1.165) is 43.4 Å². The van der Waals surface area contributed by atoms with Gasteiger partial charge in [-0.25, -0.2) is 9.18 Å². The maximum absolute atomic E-state index is 13.8. The zero-order valence-corrected chi connectivity index (χ0v) is 11.5. The molecule has 110 valence electrons. The maximum Gasteiger partial charge on any atom is 0.365 e. The summed E-state index contributed by atoms with van der Waals surface area (Å²) in [5.74, 6) is -3.73. The summed E-state index contributed by atoms with van der Waals surface area (Å²) in [7, 11) is 0. The van der Waals surface area contributed by atoms with Crippen LogP contribution in [0.2, 0.25) is 0 Å². The normalized spacial score (nSPS) is 15.5. The maximum atomic E-state index is 13.8. The predicted octanol–water partition coefficient (Wildman–Crippen LogP) is 4.37. The first-order valence-electron chi connectivity index (χ1n) is 6.77. The first kappa shape index (κ1) is 15.2. The van der Waals surface area contributed by atoms with Crippen LogP contribution in [0.4, 0.5) is 8.78 Å². The van der Waals surface area contributed by atoms with Gasteiger partial charge in [-0.05, 0) is 54.5 Å². The second-order valence-electron chi connectivity index (χ2n) is 5.00. The van der Waals surface area contributed by atoms with E-state index in [1.807, 2.05) is 6.07 Å². The van der Waals surface area contributed by atoms with Gasteiger partial charge in [-0.3, -0.25) is 0 Å². The van der Waals surface area contributed by atoms with Crippen molar-refractivity contribution in [2.45, 2.75) is 25.7 Å². The number of allylic oxidation sites excluding steroid dienone is 4. The summed E-state index contributed by atoms with van der Waals surface area (Å²) in [6, 6.07) is 5.35. The fourth-order valence-electron chi connectivity index (χ4n) is 2.49. The van der Waals surface area contributed by atoms with E-state index < -0.39 is 17.6 Å². The molecule has 2 nitrogen and oxygen atoms in total. The highest BCUT2D eigenvalue weighted by Crippen LogP contribution is 2.28. The average Bonchev–Trinajstić information content (AvgIpc) is 2.46. The Morgan fingerprint density at radius 2 is 1.81 bits per heavy atom. The number of hydrogen-bond acceptors (Lipinski definition) is 1. The SMILES string of the molecule is C=C(F)C=CC(=C(F)C(=O)O)c1ccc2c(c1)CCCC2. The van der Waals surface area contributed by atoms with Gasteiger partial charge in [0, 0.05) is 5.57 Å². The smallest absolute Gasteiger partial charge is 0.365 e. The molecular formula is C17H16F2O2. The van der Waals surface area contributed by atoms with E-state index in [1.54, 1.807) is 12.1 Å². The monoisotopic (exact) mass is 290 g/mol. The molecule has 0 fully saturated rings. The zero-order valence-electron chi connectivity index (χ0n) is 11.5. The summed E-state index contributed by atoms with van der Waals surface area (Å²) < 4.78 is 26.6. The Bertz CT molecular complexity index is 642. The van der Waals surface area contributed by atoms with E-state index in [1.165, 1.54) is 5.56 Å². The molecule has 1 aliphatic rings. The van der Waals surface area contributed by atoms with Gasteiger partial charge in [-0.15, -0.1) is 0 Å². The molecule has 2 rings (SSSR count). The van der Waals surface area contributed by atoms with Gasteiger partial charge in [-0.1, -0.05) is 24.8 Å². The van der Waals surface area contributed by atoms with Crippen LogP contribution in [-0.2, 0) is 17.6 Å². The highest BCUT2D eigenvalue weighted by Gasteiger charge is 2.16. The highest BCUT2D eigenvalue weighted by atomic mass is 19.1. The molecule has 0 heterocycles. The minimum atomic E-state index is -1.67. The van der Waals surface area contributed by atoms with Crippen LogP contribution in [0.25, 0.3) is 5.57 Å². The molecule has 4 heteroatoms. The summed E-state index contributed by atoms with van der Waals surface area (Å²) in [6.07, 6.45) is 6.12. The summed E-state index contributed by atoms with van der Waals surface area (Å²) in [4.78, 5) is 10.9. The molecule has 0 bridgehead atoms. The minimum Gasteiger partial charge on any atom is -0.476 e. The third kappa shape index (κ3) is 3.66. The van der Waals surface area contributed by atoms with Crippen molar-refractivity contribution < 1.29 is 18.7 Å². The van der Waals surface area contributed by atoms with Gasteiger partial charge in [0.15, 0.2) is 0 Å². The number of carboxylic acid groups (broad SMARTS) is 1. The molecule has 0 aromatic heterocycles. The fourth-order valence-corrected chi connectivity index (χ4v) is 2.49. The van der Waals surface area contributed by atoms with Gasteiger partial charge >= 0.3 is 5.97 Å². The van der Waals surface area contributed by atoms with Crippen molar-refractivity contribution in [2.24, 2.45) is 0 Å². The van der Waals surface area contributed by atoms with E-state index in [0.29, 0.717) is 5.56 Å². The molecule has 1 aliphatic carbocycles. The van der Waals surface area contributed by atoms with E-state index in [-0.39, 0.29) is 5.57 Å². The number of hydrogen-bond donors (Lipinski definition) is 1. The first-order chi connectivity index (χ1) is 9.99. The number of aliphatic carboxylic acids is 1. The summed E-state index contributed by atoms with van der Waals surface area (Å²) in [5.41, 5.74) is 2.60. The third-order valence-corrected chi connectivity index (χ3v) is 3.51. The molecular weight excluding hydrogens is 274 g/mol. The molecule has 0 spiro atoms. The van der Waals surface area contributed by atoms with E-state index in [9.17, 15) is 13.6 Å². The average molecular weight is 290 g/mol. The number of rotatable bonds is 4. The molecule has 0 amide bonds. The topological polar surface area (TPSA) is 37.3 Å². The molecule has 1 N–H and O–H groups in total. The van der Waals surface area contributed by atoms with Crippen molar-refractivity contribution >= 4 is 11.5 Å². The number of carbonyl (C=O) groups is 1. The molecule has 1 aromatic carbocycles. The Balaban J connectivity index is 2.49. The fraction of sp³-hybridized carbons (Fsp3) is 0.235. The van der Waals surface area contributed by atoms with Crippen molar-refractivity contribution in [3.8, 4) is 0 Å². The lowest BCUT2D eigenvalue weighted by Crippen LogP contribution is -2.04. The predicted molar refractivity (Wildman–Crippen MR) is 78.1 cm³/mol. The number of halogens is 2. The van der Waals surface area contributed by atoms with Crippen LogP contribution in [0.15, 0.2) is 48.6 Å². The van der Waals surface area contributed by atoms with Gasteiger partial charge in [0.05, 0.1) is 0 Å². The number of carboxylic acids is 1. The number of aryl methyl sites for hydroxylation is 2. The summed E-state index contributed by atoms with van der Waals surface area (Å²) >= 11 is 0. The van der Waals surface area contributed by atoms with E-state index in [4.69, 9.17) is 5.11 Å². The lowest BCUT2D eigenvalue weighted by Gasteiger charge is -2.17. The van der Waals surface area contributed by atoms with Crippen LogP contribution in [0, 0.1) is 0 Å². The van der Waals surface area contributed by atoms with Crippen LogP contribution in [-0.4, -0.2) is 11.1 Å². The van der Waals surface area contributed by atoms with Crippen molar-refractivity contribution in [1.82, 2.24) is 0 Å². The van der Waals surface area contributed by atoms with Crippen LogP contribution in [0.5, 0.6) is 0 Å². The highest BCUT2D eigenvalue weighted by molar-refractivity contribution is 5.97. The molecule has 0 saturated carbocycles. The zero-order chi connectivity index (χ0) is 15.4. The molecule has 21 heavy (non-hydrogen) atoms. The summed E-state index contributed by atoms with van der Waals surface area (Å²) in [5, 5.41) is 8.83. The quantitative estimate of drug-likeness (QED) is 0.660. The Labute approximate surface area is 122 Å². The van der Waals surface area contributed by atoms with Gasteiger partial charge in [0.25, 0.3) is 0 Å².